The second-order valence-electron chi connectivity index (χ2n) is 7.44. The molecule has 0 aliphatic carbocycles. The van der Waals surface area contributed by atoms with E-state index in [1.807, 2.05) is 18.2 Å². The first kappa shape index (κ1) is 21.5. The van der Waals surface area contributed by atoms with Crippen LogP contribution in [0.4, 0.5) is 0 Å². The number of nitrogens with two attached hydrogens (primary N) is 3. The molecule has 4 aromatic carbocycles. The molecule has 0 unspecified atom stereocenters. The minimum Gasteiger partial charge on any atom is -0.366 e. The van der Waals surface area contributed by atoms with Crippen molar-refractivity contribution in [2.45, 2.75) is 0 Å². The molecule has 162 valence electrons. The number of carbonyl (C=O) groups is 3. The number of hydrogen-bond acceptors (Lipinski definition) is 3. The molecule has 0 radical (unpaired) electrons. The van der Waals surface area contributed by atoms with Crippen molar-refractivity contribution in [2.75, 3.05) is 0 Å². The summed E-state index contributed by atoms with van der Waals surface area (Å²) in [5.41, 5.74) is 20.1. The molecule has 3 amide bonds. The molecule has 0 fully saturated rings. The van der Waals surface area contributed by atoms with Gasteiger partial charge in [0.15, 0.2) is 0 Å². The lowest BCUT2D eigenvalue weighted by Crippen LogP contribution is -2.25. The van der Waals surface area contributed by atoms with Gasteiger partial charge in [-0.2, -0.15) is 0 Å². The minimum absolute atomic E-state index is 0.00896. The van der Waals surface area contributed by atoms with Gasteiger partial charge in [0.05, 0.1) is 16.7 Å². The standard InChI is InChI=1S/C27H21N3O3/c28-25(31)22-19(16-10-4-1-5-11-16)23(26(29)32)21(18-14-8-3-9-15-18)24(27(30)33)20(22)17-12-6-2-7-13-17/h1-15H,(H2,28,31)(H2,29,32)(H2,30,33). The lowest BCUT2D eigenvalue weighted by atomic mass is 9.78. The molecule has 0 heterocycles. The molecule has 4 aromatic rings. The summed E-state index contributed by atoms with van der Waals surface area (Å²) in [6.45, 7) is 0. The zero-order valence-corrected chi connectivity index (χ0v) is 17.6. The van der Waals surface area contributed by atoms with E-state index in [0.29, 0.717) is 16.7 Å². The van der Waals surface area contributed by atoms with Crippen molar-refractivity contribution in [3.63, 3.8) is 0 Å². The average molecular weight is 435 g/mol. The summed E-state index contributed by atoms with van der Waals surface area (Å²) >= 11 is 0. The van der Waals surface area contributed by atoms with E-state index < -0.39 is 17.7 Å². The summed E-state index contributed by atoms with van der Waals surface area (Å²) in [6, 6.07) is 26.6. The summed E-state index contributed by atoms with van der Waals surface area (Å²) in [4.78, 5) is 38.7. The first-order valence-electron chi connectivity index (χ1n) is 10.2. The largest absolute Gasteiger partial charge is 0.366 e. The van der Waals surface area contributed by atoms with Gasteiger partial charge in [-0.1, -0.05) is 91.0 Å². The fraction of sp³-hybridized carbons (Fsp3) is 0. The number of hydrogen-bond donors (Lipinski definition) is 3. The third-order valence-electron chi connectivity index (χ3n) is 5.43. The molecule has 0 atom stereocenters. The second-order valence-corrected chi connectivity index (χ2v) is 7.44. The predicted octanol–water partition coefficient (Wildman–Crippen LogP) is 3.98. The molecule has 0 aliphatic rings. The Balaban J connectivity index is 2.36. The number of benzene rings is 4. The quantitative estimate of drug-likeness (QED) is 0.423. The molecule has 0 saturated carbocycles. The van der Waals surface area contributed by atoms with Crippen LogP contribution in [0.2, 0.25) is 0 Å². The molecule has 0 spiro atoms. The molecule has 6 nitrogen and oxygen atoms in total. The summed E-state index contributed by atoms with van der Waals surface area (Å²) in [6.07, 6.45) is 0. The molecule has 6 N–H and O–H groups in total. The fourth-order valence-corrected chi connectivity index (χ4v) is 4.17. The van der Waals surface area contributed by atoms with Crippen LogP contribution in [-0.4, -0.2) is 17.7 Å². The van der Waals surface area contributed by atoms with Crippen LogP contribution in [0, 0.1) is 0 Å². The van der Waals surface area contributed by atoms with Gasteiger partial charge in [-0.15, -0.1) is 0 Å². The molecule has 0 aliphatic heterocycles. The van der Waals surface area contributed by atoms with E-state index in [9.17, 15) is 14.4 Å². The molecule has 33 heavy (non-hydrogen) atoms. The predicted molar refractivity (Wildman–Crippen MR) is 128 cm³/mol. The fourth-order valence-electron chi connectivity index (χ4n) is 4.17. The molecule has 6 heteroatoms. The number of rotatable bonds is 6. The van der Waals surface area contributed by atoms with E-state index >= 15 is 0 Å². The highest BCUT2D eigenvalue weighted by Gasteiger charge is 2.32. The van der Waals surface area contributed by atoms with Crippen molar-refractivity contribution in [3.05, 3.63) is 108 Å². The molecule has 0 saturated heterocycles. The van der Waals surface area contributed by atoms with E-state index in [0.717, 1.165) is 0 Å². The zero-order valence-electron chi connectivity index (χ0n) is 17.6. The van der Waals surface area contributed by atoms with Gasteiger partial charge < -0.3 is 17.2 Å². The van der Waals surface area contributed by atoms with Crippen LogP contribution < -0.4 is 17.2 Å². The normalized spacial score (nSPS) is 10.5. The third kappa shape index (κ3) is 3.85. The van der Waals surface area contributed by atoms with E-state index in [2.05, 4.69) is 0 Å². The monoisotopic (exact) mass is 435 g/mol. The Kier molecular flexibility index (Phi) is 5.74. The van der Waals surface area contributed by atoms with E-state index in [1.54, 1.807) is 72.8 Å². The molecule has 0 aromatic heterocycles. The van der Waals surface area contributed by atoms with Gasteiger partial charge in [0.25, 0.3) is 0 Å². The highest BCUT2D eigenvalue weighted by Crippen LogP contribution is 2.44. The maximum absolute atomic E-state index is 12.9. The van der Waals surface area contributed by atoms with Crippen molar-refractivity contribution in [1.29, 1.82) is 0 Å². The van der Waals surface area contributed by atoms with Gasteiger partial charge in [0.2, 0.25) is 17.7 Å². The Morgan fingerprint density at radius 2 is 0.606 bits per heavy atom. The Morgan fingerprint density at radius 1 is 0.394 bits per heavy atom. The lowest BCUT2D eigenvalue weighted by molar-refractivity contribution is 0.0999. The van der Waals surface area contributed by atoms with Gasteiger partial charge >= 0.3 is 0 Å². The van der Waals surface area contributed by atoms with Crippen LogP contribution in [0.25, 0.3) is 33.4 Å². The van der Waals surface area contributed by atoms with Gasteiger partial charge in [-0.3, -0.25) is 14.4 Å². The Morgan fingerprint density at radius 3 is 0.788 bits per heavy atom. The lowest BCUT2D eigenvalue weighted by Gasteiger charge is -2.24. The average Bonchev–Trinajstić information content (AvgIpc) is 2.83. The summed E-state index contributed by atoms with van der Waals surface area (Å²) in [5, 5.41) is 0. The number of primary amides is 3. The first-order chi connectivity index (χ1) is 15.9. The molecular weight excluding hydrogens is 414 g/mol. The van der Waals surface area contributed by atoms with Crippen LogP contribution in [0.3, 0.4) is 0 Å². The van der Waals surface area contributed by atoms with E-state index in [1.165, 1.54) is 0 Å². The summed E-state index contributed by atoms with van der Waals surface area (Å²) in [7, 11) is 0. The molecular formula is C27H21N3O3. The van der Waals surface area contributed by atoms with E-state index in [4.69, 9.17) is 17.2 Å². The minimum atomic E-state index is -0.808. The third-order valence-corrected chi connectivity index (χ3v) is 5.43. The highest BCUT2D eigenvalue weighted by atomic mass is 16.2. The number of amides is 3. The Labute approximate surface area is 190 Å². The van der Waals surface area contributed by atoms with Crippen LogP contribution in [0.1, 0.15) is 31.1 Å². The topological polar surface area (TPSA) is 129 Å². The Hall–Kier alpha value is -4.71. The van der Waals surface area contributed by atoms with Crippen molar-refractivity contribution < 1.29 is 14.4 Å². The van der Waals surface area contributed by atoms with E-state index in [-0.39, 0.29) is 33.4 Å². The summed E-state index contributed by atoms with van der Waals surface area (Å²) in [5.74, 6) is -2.42. The maximum Gasteiger partial charge on any atom is 0.250 e. The smallest absolute Gasteiger partial charge is 0.250 e. The van der Waals surface area contributed by atoms with Crippen molar-refractivity contribution in [2.24, 2.45) is 17.2 Å². The molecule has 0 bridgehead atoms. The van der Waals surface area contributed by atoms with Crippen LogP contribution in [-0.2, 0) is 0 Å². The van der Waals surface area contributed by atoms with Gasteiger partial charge in [0.1, 0.15) is 0 Å². The maximum atomic E-state index is 12.9. The SMILES string of the molecule is NC(=O)c1c(-c2ccccc2)c(C(N)=O)c(-c2ccccc2)c(C(N)=O)c1-c1ccccc1. The van der Waals surface area contributed by atoms with Crippen molar-refractivity contribution in [3.8, 4) is 33.4 Å². The highest BCUT2D eigenvalue weighted by molar-refractivity contribution is 6.22. The van der Waals surface area contributed by atoms with Gasteiger partial charge in [0, 0.05) is 16.7 Å². The van der Waals surface area contributed by atoms with Crippen molar-refractivity contribution in [1.82, 2.24) is 0 Å². The van der Waals surface area contributed by atoms with Crippen LogP contribution in [0.15, 0.2) is 91.0 Å². The Bertz CT molecular complexity index is 1180. The van der Waals surface area contributed by atoms with Gasteiger partial charge in [-0.25, -0.2) is 0 Å². The van der Waals surface area contributed by atoms with Crippen LogP contribution in [0.5, 0.6) is 0 Å². The molecule has 4 rings (SSSR count). The van der Waals surface area contributed by atoms with Crippen molar-refractivity contribution >= 4 is 17.7 Å². The summed E-state index contributed by atoms with van der Waals surface area (Å²) < 4.78 is 0. The van der Waals surface area contributed by atoms with Gasteiger partial charge in [-0.05, 0) is 16.7 Å². The first-order valence-corrected chi connectivity index (χ1v) is 10.2. The zero-order chi connectivity index (χ0) is 23.5. The second kappa shape index (κ2) is 8.80. The number of carbonyl (C=O) groups excluding carboxylic acids is 3. The van der Waals surface area contributed by atoms with Crippen LogP contribution >= 0.6 is 0 Å².